The highest BCUT2D eigenvalue weighted by Gasteiger charge is 2.34. The Balaban J connectivity index is 1.77. The first-order chi connectivity index (χ1) is 13.7. The molecule has 0 unspecified atom stereocenters. The van der Waals surface area contributed by atoms with E-state index in [1.165, 1.54) is 16.7 Å². The highest BCUT2D eigenvalue weighted by Crippen LogP contribution is 2.33. The van der Waals surface area contributed by atoms with E-state index in [-0.39, 0.29) is 17.9 Å². The number of hydrogen-bond donors (Lipinski definition) is 2. The van der Waals surface area contributed by atoms with Crippen molar-refractivity contribution in [1.29, 1.82) is 10.5 Å². The van der Waals surface area contributed by atoms with Gasteiger partial charge in [0.2, 0.25) is 0 Å². The number of benzene rings is 1. The number of carbonyl (C=O) groups excluding carboxylic acids is 1. The summed E-state index contributed by atoms with van der Waals surface area (Å²) < 4.78 is 40.6. The van der Waals surface area contributed by atoms with Gasteiger partial charge in [-0.3, -0.25) is 4.79 Å². The number of rotatable bonds is 4. The van der Waals surface area contributed by atoms with E-state index in [2.05, 4.69) is 10.3 Å². The highest BCUT2D eigenvalue weighted by molar-refractivity contribution is 5.94. The van der Waals surface area contributed by atoms with Crippen LogP contribution in [0.5, 0.6) is 0 Å². The molecule has 29 heavy (non-hydrogen) atoms. The summed E-state index contributed by atoms with van der Waals surface area (Å²) in [5.41, 5.74) is -0.651. The van der Waals surface area contributed by atoms with Gasteiger partial charge in [0.15, 0.2) is 6.10 Å². The third-order valence-electron chi connectivity index (χ3n) is 4.12. The Bertz CT molecular complexity index is 1170. The van der Waals surface area contributed by atoms with Crippen LogP contribution in [0.4, 0.5) is 18.9 Å². The molecule has 2 heterocycles. The maximum absolute atomic E-state index is 13.0. The van der Waals surface area contributed by atoms with E-state index in [1.54, 1.807) is 18.3 Å². The summed E-state index contributed by atoms with van der Waals surface area (Å²) in [5, 5.41) is 30.0. The summed E-state index contributed by atoms with van der Waals surface area (Å²) in [6.07, 6.45) is -4.76. The number of nitriles is 2. The van der Waals surface area contributed by atoms with Crippen molar-refractivity contribution in [2.24, 2.45) is 0 Å². The average Bonchev–Trinajstić information content (AvgIpc) is 3.09. The fourth-order valence-corrected chi connectivity index (χ4v) is 2.74. The Morgan fingerprint density at radius 3 is 2.62 bits per heavy atom. The molecule has 0 saturated carbocycles. The number of nitrogens with zero attached hydrogens (tertiary/aromatic N) is 4. The molecule has 2 aromatic heterocycles. The van der Waals surface area contributed by atoms with E-state index in [0.717, 1.165) is 12.1 Å². The van der Waals surface area contributed by atoms with Crippen molar-refractivity contribution in [3.05, 3.63) is 59.4 Å². The molecule has 10 heteroatoms. The number of alkyl halides is 3. The monoisotopic (exact) mass is 399 g/mol. The number of halogens is 3. The summed E-state index contributed by atoms with van der Waals surface area (Å²) in [6.45, 7) is -0.175. The van der Waals surface area contributed by atoms with Crippen molar-refractivity contribution in [1.82, 2.24) is 9.55 Å². The molecule has 0 aliphatic carbocycles. The van der Waals surface area contributed by atoms with Crippen LogP contribution in [0.15, 0.2) is 42.6 Å². The van der Waals surface area contributed by atoms with Crippen LogP contribution in [-0.4, -0.2) is 26.7 Å². The van der Waals surface area contributed by atoms with E-state index in [4.69, 9.17) is 10.5 Å². The Labute approximate surface area is 162 Å². The summed E-state index contributed by atoms with van der Waals surface area (Å²) >= 11 is 0. The second-order valence-electron chi connectivity index (χ2n) is 6.06. The predicted molar refractivity (Wildman–Crippen MR) is 95.2 cm³/mol. The molecule has 1 amide bonds. The minimum atomic E-state index is -4.76. The van der Waals surface area contributed by atoms with Crippen molar-refractivity contribution < 1.29 is 23.1 Å². The van der Waals surface area contributed by atoms with Gasteiger partial charge in [-0.25, -0.2) is 4.98 Å². The SMILES string of the molecule is N#Cc1ccc2c(ccn2C[C@H](O)C(=O)Nc2ccc(C#N)c(C(F)(F)F)c2)n1. The molecule has 0 spiro atoms. The van der Waals surface area contributed by atoms with Gasteiger partial charge in [-0.1, -0.05) is 0 Å². The summed E-state index contributed by atoms with van der Waals surface area (Å²) in [7, 11) is 0. The zero-order chi connectivity index (χ0) is 21.2. The number of fused-ring (bicyclic) bond motifs is 1. The molecule has 0 radical (unpaired) electrons. The van der Waals surface area contributed by atoms with Gasteiger partial charge in [-0.15, -0.1) is 0 Å². The molecule has 0 saturated heterocycles. The molecular formula is C19H12F3N5O2. The maximum atomic E-state index is 13.0. The number of nitrogens with one attached hydrogen (secondary N) is 1. The summed E-state index contributed by atoms with van der Waals surface area (Å²) in [4.78, 5) is 16.3. The number of hydrogen-bond acceptors (Lipinski definition) is 5. The Hall–Kier alpha value is -3.89. The second kappa shape index (κ2) is 7.62. The molecule has 7 nitrogen and oxygen atoms in total. The normalized spacial score (nSPS) is 12.2. The van der Waals surface area contributed by atoms with Crippen LogP contribution in [-0.2, 0) is 17.5 Å². The van der Waals surface area contributed by atoms with Crippen molar-refractivity contribution in [2.45, 2.75) is 18.8 Å². The molecule has 0 bridgehead atoms. The fourth-order valence-electron chi connectivity index (χ4n) is 2.74. The molecule has 2 N–H and O–H groups in total. The van der Waals surface area contributed by atoms with E-state index in [0.29, 0.717) is 17.1 Å². The van der Waals surface area contributed by atoms with Crippen LogP contribution >= 0.6 is 0 Å². The van der Waals surface area contributed by atoms with E-state index < -0.39 is 29.3 Å². The largest absolute Gasteiger partial charge is 0.417 e. The predicted octanol–water partition coefficient (Wildman–Crippen LogP) is 2.80. The van der Waals surface area contributed by atoms with Crippen molar-refractivity contribution in [3.8, 4) is 12.1 Å². The molecular weight excluding hydrogens is 387 g/mol. The molecule has 3 rings (SSSR count). The summed E-state index contributed by atoms with van der Waals surface area (Å²) in [5.74, 6) is -0.911. The molecule has 1 aromatic carbocycles. The van der Waals surface area contributed by atoms with Crippen LogP contribution in [0.2, 0.25) is 0 Å². The van der Waals surface area contributed by atoms with Crippen molar-refractivity contribution >= 4 is 22.6 Å². The lowest BCUT2D eigenvalue weighted by molar-refractivity contribution is -0.137. The van der Waals surface area contributed by atoms with Gasteiger partial charge in [-0.2, -0.15) is 23.7 Å². The maximum Gasteiger partial charge on any atom is 0.417 e. The van der Waals surface area contributed by atoms with E-state index >= 15 is 0 Å². The lowest BCUT2D eigenvalue weighted by atomic mass is 10.1. The van der Waals surface area contributed by atoms with Gasteiger partial charge in [0.1, 0.15) is 11.8 Å². The first-order valence-corrected chi connectivity index (χ1v) is 8.19. The van der Waals surface area contributed by atoms with Crippen LogP contribution < -0.4 is 5.32 Å². The number of aliphatic hydroxyl groups excluding tert-OH is 1. The third-order valence-corrected chi connectivity index (χ3v) is 4.12. The minimum Gasteiger partial charge on any atom is -0.381 e. The molecule has 0 fully saturated rings. The Morgan fingerprint density at radius 2 is 1.97 bits per heavy atom. The van der Waals surface area contributed by atoms with Gasteiger partial charge in [0.25, 0.3) is 5.91 Å². The van der Waals surface area contributed by atoms with E-state index in [1.807, 2.05) is 6.07 Å². The third kappa shape index (κ3) is 4.18. The lowest BCUT2D eigenvalue weighted by Crippen LogP contribution is -2.31. The lowest BCUT2D eigenvalue weighted by Gasteiger charge is -2.15. The summed E-state index contributed by atoms with van der Waals surface area (Å²) in [6, 6.07) is 10.8. The number of carbonyl (C=O) groups is 1. The topological polar surface area (TPSA) is 115 Å². The van der Waals surface area contributed by atoms with Crippen molar-refractivity contribution in [3.63, 3.8) is 0 Å². The number of amides is 1. The smallest absolute Gasteiger partial charge is 0.381 e. The standard InChI is InChI=1S/C19H12F3N5O2/c20-19(21,22)14-7-12(2-1-11(14)8-23)26-18(29)17(28)10-27-6-5-15-16(27)4-3-13(9-24)25-15/h1-7,17,28H,10H2,(H,26,29)/t17-/m0/s1. The van der Waals surface area contributed by atoms with Gasteiger partial charge in [0, 0.05) is 11.9 Å². The Morgan fingerprint density at radius 1 is 1.21 bits per heavy atom. The number of pyridine rings is 1. The van der Waals surface area contributed by atoms with Crippen LogP contribution in [0.25, 0.3) is 11.0 Å². The molecule has 3 aromatic rings. The first-order valence-electron chi connectivity index (χ1n) is 8.19. The molecule has 0 aliphatic rings. The zero-order valence-electron chi connectivity index (χ0n) is 14.6. The average molecular weight is 399 g/mol. The highest BCUT2D eigenvalue weighted by atomic mass is 19.4. The van der Waals surface area contributed by atoms with Gasteiger partial charge in [-0.05, 0) is 36.4 Å². The van der Waals surface area contributed by atoms with Gasteiger partial charge in [0.05, 0.1) is 34.8 Å². The molecule has 1 atom stereocenters. The zero-order valence-corrected chi connectivity index (χ0v) is 14.6. The van der Waals surface area contributed by atoms with Gasteiger partial charge < -0.3 is 15.0 Å². The van der Waals surface area contributed by atoms with Crippen LogP contribution in [0.1, 0.15) is 16.8 Å². The van der Waals surface area contributed by atoms with Crippen LogP contribution in [0.3, 0.4) is 0 Å². The first kappa shape index (κ1) is 19.9. The number of anilines is 1. The second-order valence-corrected chi connectivity index (χ2v) is 6.06. The Kier molecular flexibility index (Phi) is 5.22. The number of aromatic nitrogens is 2. The molecule has 0 aliphatic heterocycles. The van der Waals surface area contributed by atoms with E-state index in [9.17, 15) is 23.1 Å². The van der Waals surface area contributed by atoms with Gasteiger partial charge >= 0.3 is 6.18 Å². The van der Waals surface area contributed by atoms with Crippen LogP contribution in [0, 0.1) is 22.7 Å². The van der Waals surface area contributed by atoms with Crippen molar-refractivity contribution in [2.75, 3.05) is 5.32 Å². The minimum absolute atomic E-state index is 0.175. The quantitative estimate of drug-likeness (QED) is 0.700. The number of aliphatic hydroxyl groups is 1. The molecule has 146 valence electrons. The fraction of sp³-hybridized carbons (Fsp3) is 0.158.